The maximum atomic E-state index is 6.27. The topological polar surface area (TPSA) is 49.3 Å². The summed E-state index contributed by atoms with van der Waals surface area (Å²) in [6, 6.07) is 5.20. The quantitative estimate of drug-likeness (QED) is 0.839. The molecule has 0 aromatic heterocycles. The Hall–Kier alpha value is -0.850. The molecule has 3 rings (SSSR count). The van der Waals surface area contributed by atoms with E-state index in [1.807, 2.05) is 20.8 Å². The lowest BCUT2D eigenvalue weighted by Crippen LogP contribution is -2.46. The minimum absolute atomic E-state index is 0.408. The third kappa shape index (κ3) is 2.96. The third-order valence-corrected chi connectivity index (χ3v) is 4.01. The summed E-state index contributed by atoms with van der Waals surface area (Å²) in [5, 5.41) is 5.20. The van der Waals surface area contributed by atoms with Crippen LogP contribution in [0.15, 0.2) is 23.4 Å². The van der Waals surface area contributed by atoms with Crippen molar-refractivity contribution >= 4 is 28.9 Å². The van der Waals surface area contributed by atoms with E-state index < -0.39 is 24.3 Å². The number of benzene rings is 1. The number of rotatable bonds is 3. The van der Waals surface area contributed by atoms with Gasteiger partial charge in [-0.25, -0.2) is 0 Å². The first-order chi connectivity index (χ1) is 10.4. The van der Waals surface area contributed by atoms with Gasteiger partial charge in [0.25, 0.3) is 6.29 Å². The standard InChI is InChI=1S/C15H17Cl2NO4/c1-4-19-14-13-12(20-15(2,3)21-13)11(18-22-14)9-6-5-8(16)7-10(9)17/h5-7,12-14H,4H2,1-3H3/t12-,13-,14-/m1/s1. The Kier molecular flexibility index (Phi) is 4.36. The molecule has 1 fully saturated rings. The largest absolute Gasteiger partial charge is 0.360 e. The Morgan fingerprint density at radius 3 is 2.73 bits per heavy atom. The molecule has 2 heterocycles. The van der Waals surface area contributed by atoms with Gasteiger partial charge in [0.2, 0.25) is 0 Å². The van der Waals surface area contributed by atoms with E-state index in [9.17, 15) is 0 Å². The molecule has 0 saturated carbocycles. The van der Waals surface area contributed by atoms with Crippen LogP contribution in [-0.4, -0.2) is 36.6 Å². The predicted octanol–water partition coefficient (Wildman–Crippen LogP) is 3.61. The van der Waals surface area contributed by atoms with Crippen molar-refractivity contribution in [3.63, 3.8) is 0 Å². The van der Waals surface area contributed by atoms with Crippen LogP contribution in [-0.2, 0) is 19.0 Å². The van der Waals surface area contributed by atoms with Gasteiger partial charge in [-0.05, 0) is 39.0 Å². The molecular weight excluding hydrogens is 329 g/mol. The minimum atomic E-state index is -0.752. The van der Waals surface area contributed by atoms with Crippen LogP contribution in [0.25, 0.3) is 0 Å². The Morgan fingerprint density at radius 2 is 2.05 bits per heavy atom. The van der Waals surface area contributed by atoms with Crippen molar-refractivity contribution in [3.05, 3.63) is 33.8 Å². The molecule has 2 aliphatic rings. The zero-order valence-electron chi connectivity index (χ0n) is 12.5. The number of hydrogen-bond donors (Lipinski definition) is 0. The lowest BCUT2D eigenvalue weighted by molar-refractivity contribution is -0.221. The molecule has 0 aliphatic carbocycles. The fourth-order valence-corrected chi connectivity index (χ4v) is 3.11. The van der Waals surface area contributed by atoms with Crippen LogP contribution in [0.1, 0.15) is 26.3 Å². The highest BCUT2D eigenvalue weighted by molar-refractivity contribution is 6.37. The number of halogens is 2. The normalized spacial score (nSPS) is 29.7. The molecular formula is C15H17Cl2NO4. The molecule has 22 heavy (non-hydrogen) atoms. The number of oxime groups is 1. The Balaban J connectivity index is 1.97. The number of ether oxygens (including phenoxy) is 3. The molecule has 2 aliphatic heterocycles. The number of nitrogens with zero attached hydrogens (tertiary/aromatic N) is 1. The van der Waals surface area contributed by atoms with Crippen LogP contribution >= 0.6 is 23.2 Å². The molecule has 120 valence electrons. The summed E-state index contributed by atoms with van der Waals surface area (Å²) < 4.78 is 17.4. The Bertz CT molecular complexity index is 605. The second-order valence-corrected chi connectivity index (χ2v) is 6.39. The molecule has 7 heteroatoms. The summed E-state index contributed by atoms with van der Waals surface area (Å²) in [5.74, 6) is -0.752. The number of fused-ring (bicyclic) bond motifs is 1. The molecule has 0 N–H and O–H groups in total. The lowest BCUT2D eigenvalue weighted by Gasteiger charge is -2.29. The number of hydrogen-bond acceptors (Lipinski definition) is 5. The average Bonchev–Trinajstić information content (AvgIpc) is 2.76. The van der Waals surface area contributed by atoms with Crippen LogP contribution in [0.3, 0.4) is 0 Å². The molecule has 3 atom stereocenters. The van der Waals surface area contributed by atoms with Crippen molar-refractivity contribution in [1.29, 1.82) is 0 Å². The molecule has 0 bridgehead atoms. The van der Waals surface area contributed by atoms with E-state index in [1.165, 1.54) is 0 Å². The zero-order chi connectivity index (χ0) is 15.9. The van der Waals surface area contributed by atoms with Crippen molar-refractivity contribution in [1.82, 2.24) is 0 Å². The maximum Gasteiger partial charge on any atom is 0.256 e. The monoisotopic (exact) mass is 345 g/mol. The van der Waals surface area contributed by atoms with Gasteiger partial charge >= 0.3 is 0 Å². The van der Waals surface area contributed by atoms with Gasteiger partial charge in [0.1, 0.15) is 11.8 Å². The summed E-state index contributed by atoms with van der Waals surface area (Å²) in [4.78, 5) is 5.45. The molecule has 0 unspecified atom stereocenters. The SMILES string of the molecule is CCO[C@@H]1ON=C(c2ccc(Cl)cc2Cl)[C@H]2OC(C)(C)O[C@@H]12. The molecule has 0 radical (unpaired) electrons. The lowest BCUT2D eigenvalue weighted by atomic mass is 10.00. The fraction of sp³-hybridized carbons (Fsp3) is 0.533. The first kappa shape index (κ1) is 16.0. The van der Waals surface area contributed by atoms with E-state index in [0.717, 1.165) is 0 Å². The molecule has 0 spiro atoms. The highest BCUT2D eigenvalue weighted by Gasteiger charge is 2.52. The summed E-state index contributed by atoms with van der Waals surface area (Å²) in [6.45, 7) is 6.06. The summed E-state index contributed by atoms with van der Waals surface area (Å²) >= 11 is 12.2. The first-order valence-corrected chi connectivity index (χ1v) is 7.83. The van der Waals surface area contributed by atoms with Crippen molar-refractivity contribution in [2.24, 2.45) is 5.16 Å². The van der Waals surface area contributed by atoms with E-state index in [2.05, 4.69) is 5.16 Å². The van der Waals surface area contributed by atoms with Crippen LogP contribution in [0, 0.1) is 0 Å². The zero-order valence-corrected chi connectivity index (χ0v) is 14.0. The van der Waals surface area contributed by atoms with E-state index in [4.69, 9.17) is 42.3 Å². The van der Waals surface area contributed by atoms with E-state index in [-0.39, 0.29) is 0 Å². The summed E-state index contributed by atoms with van der Waals surface area (Å²) in [5.41, 5.74) is 1.28. The second kappa shape index (κ2) is 5.98. The molecule has 0 amide bonds. The van der Waals surface area contributed by atoms with Crippen molar-refractivity contribution in [2.45, 2.75) is 45.1 Å². The van der Waals surface area contributed by atoms with Crippen molar-refractivity contribution in [3.8, 4) is 0 Å². The van der Waals surface area contributed by atoms with Gasteiger partial charge in [-0.3, -0.25) is 0 Å². The minimum Gasteiger partial charge on any atom is -0.360 e. The van der Waals surface area contributed by atoms with Gasteiger partial charge in [-0.2, -0.15) is 0 Å². The van der Waals surface area contributed by atoms with Gasteiger partial charge < -0.3 is 19.0 Å². The van der Waals surface area contributed by atoms with Gasteiger partial charge in [-0.1, -0.05) is 28.4 Å². The van der Waals surface area contributed by atoms with Crippen LogP contribution in [0.5, 0.6) is 0 Å². The fourth-order valence-electron chi connectivity index (χ4n) is 2.61. The van der Waals surface area contributed by atoms with Gasteiger partial charge in [0.15, 0.2) is 11.9 Å². The highest BCUT2D eigenvalue weighted by atomic mass is 35.5. The molecule has 5 nitrogen and oxygen atoms in total. The van der Waals surface area contributed by atoms with Gasteiger partial charge in [0, 0.05) is 17.2 Å². The van der Waals surface area contributed by atoms with E-state index in [0.29, 0.717) is 27.9 Å². The molecule has 1 aromatic carbocycles. The molecule has 1 aromatic rings. The van der Waals surface area contributed by atoms with Crippen LogP contribution in [0.4, 0.5) is 0 Å². The first-order valence-electron chi connectivity index (χ1n) is 7.07. The smallest absolute Gasteiger partial charge is 0.256 e. The van der Waals surface area contributed by atoms with Crippen LogP contribution < -0.4 is 0 Å². The van der Waals surface area contributed by atoms with Gasteiger partial charge in [0.05, 0.1) is 5.02 Å². The second-order valence-electron chi connectivity index (χ2n) is 5.55. The van der Waals surface area contributed by atoms with Gasteiger partial charge in [-0.15, -0.1) is 0 Å². The maximum absolute atomic E-state index is 6.27. The van der Waals surface area contributed by atoms with E-state index in [1.54, 1.807) is 18.2 Å². The van der Waals surface area contributed by atoms with Crippen LogP contribution in [0.2, 0.25) is 10.0 Å². The Labute approximate surface area is 139 Å². The third-order valence-electron chi connectivity index (χ3n) is 3.46. The predicted molar refractivity (Wildman–Crippen MR) is 83.3 cm³/mol. The summed E-state index contributed by atoms with van der Waals surface area (Å²) in [6.07, 6.45) is -1.43. The summed E-state index contributed by atoms with van der Waals surface area (Å²) in [7, 11) is 0. The molecule has 1 saturated heterocycles. The highest BCUT2D eigenvalue weighted by Crippen LogP contribution is 2.37. The Morgan fingerprint density at radius 1 is 1.27 bits per heavy atom. The van der Waals surface area contributed by atoms with Crippen molar-refractivity contribution in [2.75, 3.05) is 6.61 Å². The van der Waals surface area contributed by atoms with Crippen molar-refractivity contribution < 1.29 is 19.0 Å². The van der Waals surface area contributed by atoms with E-state index >= 15 is 0 Å². The average molecular weight is 346 g/mol.